The number of nitrogens with zero attached hydrogens (tertiary/aromatic N) is 1. The summed E-state index contributed by atoms with van der Waals surface area (Å²) in [5.41, 5.74) is 2.01. The van der Waals surface area contributed by atoms with Gasteiger partial charge < -0.3 is 14.7 Å². The second-order valence-electron chi connectivity index (χ2n) is 3.54. The highest BCUT2D eigenvalue weighted by Gasteiger charge is 2.04. The van der Waals surface area contributed by atoms with Gasteiger partial charge in [0.1, 0.15) is 5.75 Å². The van der Waals surface area contributed by atoms with Crippen LogP contribution in [0.25, 0.3) is 0 Å². The number of benzene rings is 1. The lowest BCUT2D eigenvalue weighted by Crippen LogP contribution is -2.11. The lowest BCUT2D eigenvalue weighted by Gasteiger charge is -2.14. The van der Waals surface area contributed by atoms with E-state index in [1.165, 1.54) is 0 Å². The lowest BCUT2D eigenvalue weighted by atomic mass is 10.1. The van der Waals surface area contributed by atoms with E-state index in [9.17, 15) is 0 Å². The number of hydrogen-bond donors (Lipinski definition) is 1. The molecule has 78 valence electrons. The molecule has 0 atom stereocenters. The van der Waals surface area contributed by atoms with Gasteiger partial charge >= 0.3 is 0 Å². The van der Waals surface area contributed by atoms with Crippen molar-refractivity contribution in [3.8, 4) is 5.75 Å². The summed E-state index contributed by atoms with van der Waals surface area (Å²) in [4.78, 5) is 2.08. The summed E-state index contributed by atoms with van der Waals surface area (Å²) in [7, 11) is 5.68. The average Bonchev–Trinajstić information content (AvgIpc) is 2.17. The molecule has 0 spiro atoms. The first-order valence-electron chi connectivity index (χ1n) is 4.58. The Morgan fingerprint density at radius 1 is 1.36 bits per heavy atom. The second-order valence-corrected chi connectivity index (χ2v) is 3.54. The Morgan fingerprint density at radius 3 is 2.57 bits per heavy atom. The van der Waals surface area contributed by atoms with Gasteiger partial charge in [0.05, 0.1) is 13.7 Å². The van der Waals surface area contributed by atoms with Crippen molar-refractivity contribution >= 4 is 0 Å². The zero-order chi connectivity index (χ0) is 10.6. The van der Waals surface area contributed by atoms with Crippen LogP contribution in [-0.2, 0) is 13.2 Å². The highest BCUT2D eigenvalue weighted by atomic mass is 16.5. The van der Waals surface area contributed by atoms with Crippen LogP contribution in [0, 0.1) is 0 Å². The Kier molecular flexibility index (Phi) is 3.92. The van der Waals surface area contributed by atoms with E-state index >= 15 is 0 Å². The van der Waals surface area contributed by atoms with E-state index in [0.717, 1.165) is 23.4 Å². The fraction of sp³-hybridized carbons (Fsp3) is 0.455. The van der Waals surface area contributed by atoms with Gasteiger partial charge in [-0.2, -0.15) is 0 Å². The first-order valence-corrected chi connectivity index (χ1v) is 4.58. The molecule has 0 unspecified atom stereocenters. The Bertz CT molecular complexity index is 297. The van der Waals surface area contributed by atoms with Crippen LogP contribution in [0.15, 0.2) is 18.2 Å². The van der Waals surface area contributed by atoms with Crippen LogP contribution in [0.1, 0.15) is 11.1 Å². The van der Waals surface area contributed by atoms with Gasteiger partial charge in [-0.1, -0.05) is 12.1 Å². The maximum Gasteiger partial charge on any atom is 0.123 e. The third kappa shape index (κ3) is 2.72. The molecule has 3 nitrogen and oxygen atoms in total. The Labute approximate surface area is 84.9 Å². The molecule has 0 saturated carbocycles. The van der Waals surface area contributed by atoms with Gasteiger partial charge in [0.25, 0.3) is 0 Å². The smallest absolute Gasteiger partial charge is 0.123 e. The highest BCUT2D eigenvalue weighted by Crippen LogP contribution is 2.21. The maximum absolute atomic E-state index is 8.96. The predicted octanol–water partition coefficient (Wildman–Crippen LogP) is 1.25. The Morgan fingerprint density at radius 2 is 2.07 bits per heavy atom. The molecule has 1 aromatic carbocycles. The predicted molar refractivity (Wildman–Crippen MR) is 56.3 cm³/mol. The fourth-order valence-corrected chi connectivity index (χ4v) is 1.36. The fourth-order valence-electron chi connectivity index (χ4n) is 1.36. The van der Waals surface area contributed by atoms with Crippen molar-refractivity contribution in [1.29, 1.82) is 0 Å². The van der Waals surface area contributed by atoms with Gasteiger partial charge in [0, 0.05) is 12.1 Å². The van der Waals surface area contributed by atoms with Crippen LogP contribution < -0.4 is 4.74 Å². The lowest BCUT2D eigenvalue weighted by molar-refractivity contribution is 0.280. The molecular weight excluding hydrogens is 178 g/mol. The number of methoxy groups -OCH3 is 1. The van der Waals surface area contributed by atoms with Gasteiger partial charge in [-0.25, -0.2) is 0 Å². The molecule has 0 bridgehead atoms. The number of aliphatic hydroxyl groups is 1. The molecule has 0 aromatic heterocycles. The summed E-state index contributed by atoms with van der Waals surface area (Å²) in [5.74, 6) is 0.838. The van der Waals surface area contributed by atoms with Crippen molar-refractivity contribution in [2.45, 2.75) is 13.2 Å². The summed E-state index contributed by atoms with van der Waals surface area (Å²) in [6.45, 7) is 0.896. The van der Waals surface area contributed by atoms with Crippen molar-refractivity contribution < 1.29 is 9.84 Å². The van der Waals surface area contributed by atoms with Crippen LogP contribution in [0.2, 0.25) is 0 Å². The minimum absolute atomic E-state index is 0.0542. The monoisotopic (exact) mass is 195 g/mol. The molecule has 0 fully saturated rings. The van der Waals surface area contributed by atoms with Gasteiger partial charge in [-0.3, -0.25) is 0 Å². The van der Waals surface area contributed by atoms with E-state index in [2.05, 4.69) is 4.90 Å². The molecule has 1 rings (SSSR count). The SMILES string of the molecule is COc1cc(CO)ccc1CN(C)C. The number of ether oxygens (including phenoxy) is 1. The minimum atomic E-state index is 0.0542. The normalized spacial score (nSPS) is 10.6. The van der Waals surface area contributed by atoms with E-state index in [4.69, 9.17) is 9.84 Å². The zero-order valence-corrected chi connectivity index (χ0v) is 8.95. The Hall–Kier alpha value is -1.06. The van der Waals surface area contributed by atoms with Crippen molar-refractivity contribution in [3.63, 3.8) is 0 Å². The van der Waals surface area contributed by atoms with E-state index < -0.39 is 0 Å². The summed E-state index contributed by atoms with van der Waals surface area (Å²) in [6.07, 6.45) is 0. The van der Waals surface area contributed by atoms with E-state index in [1.807, 2.05) is 32.3 Å². The molecule has 0 saturated heterocycles. The Balaban J connectivity index is 2.93. The molecular formula is C11H17NO2. The largest absolute Gasteiger partial charge is 0.496 e. The number of rotatable bonds is 4. The quantitative estimate of drug-likeness (QED) is 0.784. The minimum Gasteiger partial charge on any atom is -0.496 e. The summed E-state index contributed by atoms with van der Waals surface area (Å²) < 4.78 is 5.25. The van der Waals surface area contributed by atoms with Gasteiger partial charge in [-0.05, 0) is 25.7 Å². The van der Waals surface area contributed by atoms with Crippen molar-refractivity contribution in [2.24, 2.45) is 0 Å². The molecule has 0 aliphatic heterocycles. The van der Waals surface area contributed by atoms with Crippen LogP contribution in [0.4, 0.5) is 0 Å². The molecule has 0 heterocycles. The highest BCUT2D eigenvalue weighted by molar-refractivity contribution is 5.37. The van der Waals surface area contributed by atoms with Gasteiger partial charge in [0.2, 0.25) is 0 Å². The van der Waals surface area contributed by atoms with Crippen molar-refractivity contribution in [2.75, 3.05) is 21.2 Å². The standard InChI is InChI=1S/C11H17NO2/c1-12(2)7-10-5-4-9(8-13)6-11(10)14-3/h4-6,13H,7-8H2,1-3H3. The van der Waals surface area contributed by atoms with Gasteiger partial charge in [-0.15, -0.1) is 0 Å². The maximum atomic E-state index is 8.96. The number of hydrogen-bond acceptors (Lipinski definition) is 3. The van der Waals surface area contributed by atoms with E-state index in [-0.39, 0.29) is 6.61 Å². The number of aliphatic hydroxyl groups excluding tert-OH is 1. The van der Waals surface area contributed by atoms with Crippen LogP contribution in [0.5, 0.6) is 5.75 Å². The molecule has 0 amide bonds. The van der Waals surface area contributed by atoms with Gasteiger partial charge in [0.15, 0.2) is 0 Å². The first kappa shape index (κ1) is 11.0. The van der Waals surface area contributed by atoms with Crippen molar-refractivity contribution in [1.82, 2.24) is 4.90 Å². The average molecular weight is 195 g/mol. The third-order valence-corrected chi connectivity index (χ3v) is 2.02. The summed E-state index contributed by atoms with van der Waals surface area (Å²) >= 11 is 0. The molecule has 1 N–H and O–H groups in total. The first-order chi connectivity index (χ1) is 6.67. The van der Waals surface area contributed by atoms with Crippen LogP contribution >= 0.6 is 0 Å². The van der Waals surface area contributed by atoms with E-state index in [1.54, 1.807) is 7.11 Å². The third-order valence-electron chi connectivity index (χ3n) is 2.02. The summed E-state index contributed by atoms with van der Waals surface area (Å²) in [5, 5.41) is 8.96. The summed E-state index contributed by atoms with van der Waals surface area (Å²) in [6, 6.07) is 5.78. The molecule has 3 heteroatoms. The molecule has 0 aliphatic carbocycles. The molecule has 0 radical (unpaired) electrons. The van der Waals surface area contributed by atoms with E-state index in [0.29, 0.717) is 0 Å². The van der Waals surface area contributed by atoms with Crippen molar-refractivity contribution in [3.05, 3.63) is 29.3 Å². The second kappa shape index (κ2) is 4.98. The molecule has 0 aliphatic rings. The zero-order valence-electron chi connectivity index (χ0n) is 8.95. The molecule has 1 aromatic rings. The topological polar surface area (TPSA) is 32.7 Å². The van der Waals surface area contributed by atoms with Crippen LogP contribution in [0.3, 0.4) is 0 Å². The molecule has 14 heavy (non-hydrogen) atoms. The van der Waals surface area contributed by atoms with Crippen LogP contribution in [-0.4, -0.2) is 31.2 Å².